The van der Waals surface area contributed by atoms with E-state index in [1.54, 1.807) is 13.8 Å². The van der Waals surface area contributed by atoms with Crippen molar-refractivity contribution in [3.8, 4) is 0 Å². The summed E-state index contributed by atoms with van der Waals surface area (Å²) < 4.78 is 23.1. The molecule has 0 amide bonds. The van der Waals surface area contributed by atoms with Crippen LogP contribution in [0.2, 0.25) is 0 Å². The predicted octanol–water partition coefficient (Wildman–Crippen LogP) is 2.28. The van der Waals surface area contributed by atoms with Crippen molar-refractivity contribution in [3.05, 3.63) is 35.4 Å². The molecular formula is C15H24N2O2S. The van der Waals surface area contributed by atoms with Gasteiger partial charge in [-0.05, 0) is 43.7 Å². The van der Waals surface area contributed by atoms with Gasteiger partial charge in [0, 0.05) is 6.26 Å². The molecule has 1 aliphatic carbocycles. The topological polar surface area (TPSA) is 72.2 Å². The van der Waals surface area contributed by atoms with Crippen molar-refractivity contribution in [3.63, 3.8) is 0 Å². The molecule has 1 aliphatic rings. The van der Waals surface area contributed by atoms with Crippen molar-refractivity contribution < 1.29 is 8.42 Å². The Morgan fingerprint density at radius 1 is 1.35 bits per heavy atom. The molecule has 5 heteroatoms. The van der Waals surface area contributed by atoms with Gasteiger partial charge in [-0.2, -0.15) is 0 Å². The van der Waals surface area contributed by atoms with Crippen LogP contribution in [0.3, 0.4) is 0 Å². The molecule has 1 unspecified atom stereocenters. The van der Waals surface area contributed by atoms with E-state index in [0.717, 1.165) is 5.56 Å². The Kier molecular flexibility index (Phi) is 4.23. The maximum atomic E-state index is 12.0. The lowest BCUT2D eigenvalue weighted by molar-refractivity contribution is 0.413. The number of hydrogen-bond donors (Lipinski definition) is 2. The lowest BCUT2D eigenvalue weighted by Gasteiger charge is -2.33. The maximum absolute atomic E-state index is 12.0. The summed E-state index contributed by atoms with van der Waals surface area (Å²) in [6.45, 7) is 3.42. The van der Waals surface area contributed by atoms with Gasteiger partial charge >= 0.3 is 0 Å². The van der Waals surface area contributed by atoms with E-state index in [0.29, 0.717) is 5.92 Å². The van der Waals surface area contributed by atoms with Crippen molar-refractivity contribution in [1.82, 2.24) is 5.43 Å². The molecule has 0 aliphatic heterocycles. The summed E-state index contributed by atoms with van der Waals surface area (Å²) >= 11 is 0. The molecule has 0 aromatic heterocycles. The zero-order chi connectivity index (χ0) is 15.0. The molecule has 0 saturated heterocycles. The second-order valence-electron chi connectivity index (χ2n) is 6.27. The molecule has 0 radical (unpaired) electrons. The Morgan fingerprint density at radius 3 is 2.45 bits per heavy atom. The summed E-state index contributed by atoms with van der Waals surface area (Å²) in [6, 6.07) is 7.73. The van der Waals surface area contributed by atoms with Crippen molar-refractivity contribution in [2.24, 2.45) is 5.84 Å². The van der Waals surface area contributed by atoms with Crippen LogP contribution < -0.4 is 11.3 Å². The quantitative estimate of drug-likeness (QED) is 0.646. The molecule has 20 heavy (non-hydrogen) atoms. The number of nitrogens with one attached hydrogen (secondary N) is 1. The first-order valence-corrected chi connectivity index (χ1v) is 8.92. The number of benzene rings is 1. The summed E-state index contributed by atoms with van der Waals surface area (Å²) in [4.78, 5) is 0. The number of rotatable bonds is 5. The second-order valence-corrected chi connectivity index (χ2v) is 8.87. The molecule has 1 saturated carbocycles. The Labute approximate surface area is 121 Å². The molecule has 1 atom stereocenters. The molecule has 1 fully saturated rings. The SMILES string of the molecule is CC(C)(C(NN)c1cccc(C2CCC2)c1)S(C)(=O)=O. The Bertz CT molecular complexity index is 577. The van der Waals surface area contributed by atoms with Crippen molar-refractivity contribution in [2.45, 2.75) is 49.8 Å². The van der Waals surface area contributed by atoms with Gasteiger partial charge < -0.3 is 0 Å². The van der Waals surface area contributed by atoms with Gasteiger partial charge in [-0.15, -0.1) is 0 Å². The van der Waals surface area contributed by atoms with E-state index < -0.39 is 20.6 Å². The highest BCUT2D eigenvalue weighted by Gasteiger charge is 2.39. The van der Waals surface area contributed by atoms with E-state index in [1.165, 1.54) is 31.1 Å². The molecule has 1 aromatic carbocycles. The van der Waals surface area contributed by atoms with Crippen molar-refractivity contribution in [2.75, 3.05) is 6.26 Å². The third kappa shape index (κ3) is 2.75. The standard InChI is InChI=1S/C15H24N2O2S/c1-15(2,20(3,18)19)14(17-16)13-9-5-8-12(10-13)11-6-4-7-11/h5,8-11,14,17H,4,6-7,16H2,1-3H3. The summed E-state index contributed by atoms with van der Waals surface area (Å²) in [5.74, 6) is 6.27. The van der Waals surface area contributed by atoms with Crippen LogP contribution in [0.4, 0.5) is 0 Å². The van der Waals surface area contributed by atoms with E-state index in [9.17, 15) is 8.42 Å². The summed E-state index contributed by atoms with van der Waals surface area (Å²) in [6.07, 6.45) is 4.98. The van der Waals surface area contributed by atoms with Crippen LogP contribution in [-0.4, -0.2) is 19.4 Å². The highest BCUT2D eigenvalue weighted by atomic mass is 32.2. The van der Waals surface area contributed by atoms with Crippen LogP contribution in [0.5, 0.6) is 0 Å². The molecule has 0 spiro atoms. The largest absolute Gasteiger partial charge is 0.271 e. The first-order valence-electron chi connectivity index (χ1n) is 7.03. The maximum Gasteiger partial charge on any atom is 0.154 e. The van der Waals surface area contributed by atoms with Crippen LogP contribution >= 0.6 is 0 Å². The van der Waals surface area contributed by atoms with Gasteiger partial charge in [-0.3, -0.25) is 11.3 Å². The predicted molar refractivity (Wildman–Crippen MR) is 82.0 cm³/mol. The third-order valence-electron chi connectivity index (χ3n) is 4.64. The number of hydrogen-bond acceptors (Lipinski definition) is 4. The van der Waals surface area contributed by atoms with E-state index in [1.807, 2.05) is 12.1 Å². The van der Waals surface area contributed by atoms with Gasteiger partial charge in [0.15, 0.2) is 9.84 Å². The van der Waals surface area contributed by atoms with Gasteiger partial charge in [0.1, 0.15) is 0 Å². The smallest absolute Gasteiger partial charge is 0.154 e. The molecule has 112 valence electrons. The summed E-state index contributed by atoms with van der Waals surface area (Å²) in [7, 11) is -3.23. The zero-order valence-corrected chi connectivity index (χ0v) is 13.2. The van der Waals surface area contributed by atoms with Crippen LogP contribution in [0.1, 0.15) is 56.2 Å². The Morgan fingerprint density at radius 2 is 2.00 bits per heavy atom. The van der Waals surface area contributed by atoms with Gasteiger partial charge in [0.05, 0.1) is 10.8 Å². The molecule has 4 nitrogen and oxygen atoms in total. The minimum Gasteiger partial charge on any atom is -0.271 e. The Hall–Kier alpha value is -0.910. The number of sulfone groups is 1. The molecular weight excluding hydrogens is 272 g/mol. The third-order valence-corrected chi connectivity index (χ3v) is 6.79. The van der Waals surface area contributed by atoms with Crippen LogP contribution in [-0.2, 0) is 9.84 Å². The van der Waals surface area contributed by atoms with Crippen molar-refractivity contribution >= 4 is 9.84 Å². The van der Waals surface area contributed by atoms with Crippen LogP contribution in [0, 0.1) is 0 Å². The lowest BCUT2D eigenvalue weighted by Crippen LogP contribution is -2.47. The van der Waals surface area contributed by atoms with Gasteiger partial charge in [0.25, 0.3) is 0 Å². The van der Waals surface area contributed by atoms with E-state index in [2.05, 4.69) is 17.6 Å². The molecule has 3 N–H and O–H groups in total. The van der Waals surface area contributed by atoms with E-state index in [-0.39, 0.29) is 0 Å². The van der Waals surface area contributed by atoms with Gasteiger partial charge in [0.2, 0.25) is 0 Å². The lowest BCUT2D eigenvalue weighted by atomic mass is 9.79. The van der Waals surface area contributed by atoms with Crippen molar-refractivity contribution in [1.29, 1.82) is 0 Å². The highest BCUT2D eigenvalue weighted by molar-refractivity contribution is 7.92. The van der Waals surface area contributed by atoms with Crippen LogP contribution in [0.25, 0.3) is 0 Å². The molecule has 0 heterocycles. The zero-order valence-electron chi connectivity index (χ0n) is 12.4. The first kappa shape index (κ1) is 15.5. The second kappa shape index (κ2) is 5.47. The van der Waals surface area contributed by atoms with E-state index >= 15 is 0 Å². The van der Waals surface area contributed by atoms with Crippen LogP contribution in [0.15, 0.2) is 24.3 Å². The fourth-order valence-electron chi connectivity index (χ4n) is 2.65. The normalized spacial score (nSPS) is 18.6. The highest BCUT2D eigenvalue weighted by Crippen LogP contribution is 2.38. The monoisotopic (exact) mass is 296 g/mol. The minimum absolute atomic E-state index is 0.419. The number of nitrogens with two attached hydrogens (primary N) is 1. The summed E-state index contributed by atoms with van der Waals surface area (Å²) in [5.41, 5.74) is 4.92. The summed E-state index contributed by atoms with van der Waals surface area (Å²) in [5, 5.41) is 0. The first-order chi connectivity index (χ1) is 9.27. The Balaban J connectivity index is 2.37. The molecule has 2 rings (SSSR count). The van der Waals surface area contributed by atoms with Gasteiger partial charge in [-0.25, -0.2) is 8.42 Å². The van der Waals surface area contributed by atoms with E-state index in [4.69, 9.17) is 5.84 Å². The average Bonchev–Trinajstić information content (AvgIpc) is 2.26. The minimum atomic E-state index is -3.23. The fourth-order valence-corrected chi connectivity index (χ4v) is 3.28. The average molecular weight is 296 g/mol. The fraction of sp³-hybridized carbons (Fsp3) is 0.600. The van der Waals surface area contributed by atoms with Gasteiger partial charge in [-0.1, -0.05) is 30.7 Å². The molecule has 1 aromatic rings. The number of hydrazine groups is 1. The molecule has 0 bridgehead atoms.